The molecule has 3 aliphatic heterocycles. The predicted molar refractivity (Wildman–Crippen MR) is 179 cm³/mol. The maximum Gasteiger partial charge on any atom is 0.334 e. The third-order valence-corrected chi connectivity index (χ3v) is 11.5. The highest BCUT2D eigenvalue weighted by molar-refractivity contribution is 8.00. The summed E-state index contributed by atoms with van der Waals surface area (Å²) in [5, 5.41) is 25.2. The minimum absolute atomic E-state index is 0.00676. The number of aromatic nitrogens is 6. The summed E-state index contributed by atoms with van der Waals surface area (Å²) in [5.74, 6) is -2.46. The molecule has 0 spiro atoms. The van der Waals surface area contributed by atoms with Crippen molar-refractivity contribution in [2.45, 2.75) is 62.0 Å². The number of nitrogen functional groups attached to an aromatic ring is 1. The van der Waals surface area contributed by atoms with Gasteiger partial charge in [-0.1, -0.05) is 11.8 Å². The van der Waals surface area contributed by atoms with Gasteiger partial charge in [-0.15, -0.1) is 16.9 Å². The van der Waals surface area contributed by atoms with Gasteiger partial charge < -0.3 is 35.6 Å². The lowest BCUT2D eigenvalue weighted by atomic mass is 9.89. The first-order valence-corrected chi connectivity index (χ1v) is 18.5. The first kappa shape index (κ1) is 37.1. The quantitative estimate of drug-likeness (QED) is 0.0734. The Labute approximate surface area is 295 Å². The molecule has 2 aromatic heterocycles. The largest absolute Gasteiger partial charge is 0.481 e. The van der Waals surface area contributed by atoms with E-state index in [0.29, 0.717) is 11.7 Å². The van der Waals surface area contributed by atoms with E-state index in [1.54, 1.807) is 25.5 Å². The first-order valence-electron chi connectivity index (χ1n) is 15.7. The lowest BCUT2D eigenvalue weighted by molar-refractivity contribution is -0.165. The molecule has 0 aliphatic carbocycles. The number of hydrogen-bond acceptors (Lipinski definition) is 18. The number of amides is 2. The topological polar surface area (TPSA) is 236 Å². The zero-order valence-electron chi connectivity index (χ0n) is 27.7. The van der Waals surface area contributed by atoms with Crippen molar-refractivity contribution >= 4 is 63.9 Å². The maximum atomic E-state index is 13.4. The van der Waals surface area contributed by atoms with Crippen LogP contribution in [0, 0.1) is 5.41 Å². The number of rotatable bonds is 15. The number of aliphatic carboxylic acids is 1. The van der Waals surface area contributed by atoms with Gasteiger partial charge in [-0.05, 0) is 44.7 Å². The minimum Gasteiger partial charge on any atom is -0.481 e. The van der Waals surface area contributed by atoms with Crippen LogP contribution in [0.25, 0.3) is 0 Å². The van der Waals surface area contributed by atoms with Crippen LogP contribution in [0.1, 0.15) is 39.1 Å². The molecular weight excluding hydrogens is 701 g/mol. The van der Waals surface area contributed by atoms with E-state index in [0.717, 1.165) is 50.7 Å². The smallest absolute Gasteiger partial charge is 0.334 e. The Morgan fingerprint density at radius 3 is 2.63 bits per heavy atom. The SMILES string of the molecule is CN1CCN(CCCn2nnnc2SCC2(C(=O)O)CS[C@@H]3C(NC(=O)C(NOCC(=O)OC(C)(C)C)c4nsc(N)n4)C(=O)N3C2)CC1. The average Bonchev–Trinajstić information content (AvgIpc) is 3.69. The van der Waals surface area contributed by atoms with Crippen LogP contribution in [0.3, 0.4) is 0 Å². The number of thioether (sulfide) groups is 2. The third-order valence-electron chi connectivity index (χ3n) is 8.10. The number of piperazine rings is 1. The van der Waals surface area contributed by atoms with Gasteiger partial charge in [0.15, 0.2) is 23.6 Å². The first-order chi connectivity index (χ1) is 23.2. The summed E-state index contributed by atoms with van der Waals surface area (Å²) in [7, 11) is 2.12. The molecule has 19 nitrogen and oxygen atoms in total. The summed E-state index contributed by atoms with van der Waals surface area (Å²) in [5.41, 5.74) is 6.21. The molecule has 3 unspecified atom stereocenters. The molecule has 0 bridgehead atoms. The number of carboxylic acids is 1. The number of carbonyl (C=O) groups excluding carboxylic acids is 3. The Balaban J connectivity index is 1.14. The van der Waals surface area contributed by atoms with E-state index in [-0.39, 0.29) is 29.0 Å². The standard InChI is InChI=1S/C27H42N12O7S3/c1-26(2,3)46-16(40)12-45-32-17(19-30-24(28)49-33-19)20(41)29-18-21(42)38-13-27(23(43)44,14-47-22(18)38)15-48-25-31-34-35-39(25)7-5-6-37-10-8-36(4)9-11-37/h17-18,22,32H,5-15H2,1-4H3,(H,29,41)(H,43,44)(H2,28,30,33)/t17?,18?,22-,27?/m1/s1. The zero-order chi connectivity index (χ0) is 35.3. The van der Waals surface area contributed by atoms with Gasteiger partial charge >= 0.3 is 11.9 Å². The molecule has 2 amide bonds. The van der Waals surface area contributed by atoms with Crippen molar-refractivity contribution in [3.63, 3.8) is 0 Å². The van der Waals surface area contributed by atoms with Crippen LogP contribution in [-0.4, -0.2) is 155 Å². The number of nitrogens with zero attached hydrogens (tertiary/aromatic N) is 9. The van der Waals surface area contributed by atoms with Crippen LogP contribution in [0.15, 0.2) is 5.16 Å². The number of aryl methyl sites for hydroxylation is 1. The Morgan fingerprint density at radius 2 is 1.96 bits per heavy atom. The third kappa shape index (κ3) is 9.35. The van der Waals surface area contributed by atoms with Crippen molar-refractivity contribution < 1.29 is 33.9 Å². The Kier molecular flexibility index (Phi) is 12.0. The van der Waals surface area contributed by atoms with Gasteiger partial charge in [0, 0.05) is 68.9 Å². The van der Waals surface area contributed by atoms with Crippen molar-refractivity contribution in [3.05, 3.63) is 5.82 Å². The molecule has 22 heteroatoms. The second-order valence-electron chi connectivity index (χ2n) is 13.1. The highest BCUT2D eigenvalue weighted by Crippen LogP contribution is 2.44. The number of nitrogens with one attached hydrogen (secondary N) is 2. The molecule has 4 atom stereocenters. The fraction of sp³-hybridized carbons (Fsp3) is 0.741. The van der Waals surface area contributed by atoms with Crippen molar-refractivity contribution in [1.82, 2.24) is 55.1 Å². The van der Waals surface area contributed by atoms with E-state index in [4.69, 9.17) is 15.3 Å². The molecule has 3 fully saturated rings. The molecule has 3 saturated heterocycles. The summed E-state index contributed by atoms with van der Waals surface area (Å²) >= 11 is 3.40. The molecule has 270 valence electrons. The zero-order valence-corrected chi connectivity index (χ0v) is 30.2. The molecule has 5 rings (SSSR count). The fourth-order valence-electron chi connectivity index (χ4n) is 5.44. The Hall–Kier alpha value is -3.15. The van der Waals surface area contributed by atoms with Crippen LogP contribution in [0.2, 0.25) is 0 Å². The number of hydrogen-bond donors (Lipinski definition) is 4. The molecule has 5 heterocycles. The summed E-state index contributed by atoms with van der Waals surface area (Å²) in [4.78, 5) is 66.8. The van der Waals surface area contributed by atoms with Crippen molar-refractivity contribution in [1.29, 1.82) is 0 Å². The lowest BCUT2D eigenvalue weighted by Crippen LogP contribution is -2.74. The number of fused-ring (bicyclic) bond motifs is 1. The highest BCUT2D eigenvalue weighted by Gasteiger charge is 2.57. The second kappa shape index (κ2) is 15.8. The van der Waals surface area contributed by atoms with Crippen LogP contribution in [0.5, 0.6) is 0 Å². The fourth-order valence-corrected chi connectivity index (χ4v) is 8.68. The van der Waals surface area contributed by atoms with E-state index in [1.165, 1.54) is 28.4 Å². The minimum atomic E-state index is -1.30. The number of esters is 1. The average molecular weight is 743 g/mol. The van der Waals surface area contributed by atoms with Crippen LogP contribution in [-0.2, 0) is 35.3 Å². The molecule has 3 aliphatic rings. The summed E-state index contributed by atoms with van der Waals surface area (Å²) in [6, 6.07) is -2.22. The Bertz CT molecular complexity index is 1500. The number of tetrazole rings is 1. The number of likely N-dealkylation sites (N-methyl/N-ethyl adjacent to an activating group) is 1. The number of hydroxylamine groups is 1. The maximum absolute atomic E-state index is 13.4. The molecule has 0 aromatic carbocycles. The number of β-lactam (4-membered cyclic amide) rings is 1. The van der Waals surface area contributed by atoms with E-state index < -0.39 is 58.8 Å². The molecule has 2 aromatic rings. The van der Waals surface area contributed by atoms with Crippen LogP contribution >= 0.6 is 35.1 Å². The number of carboxylic acid groups (broad SMARTS) is 1. The van der Waals surface area contributed by atoms with E-state index in [9.17, 15) is 24.3 Å². The second-order valence-corrected chi connectivity index (χ2v) is 16.0. The van der Waals surface area contributed by atoms with Gasteiger partial charge in [-0.3, -0.25) is 19.2 Å². The number of anilines is 1. The van der Waals surface area contributed by atoms with Gasteiger partial charge in [0.25, 0.3) is 0 Å². The molecule has 0 saturated carbocycles. The van der Waals surface area contributed by atoms with Crippen LogP contribution < -0.4 is 16.5 Å². The van der Waals surface area contributed by atoms with Gasteiger partial charge in [0.05, 0.1) is 0 Å². The summed E-state index contributed by atoms with van der Waals surface area (Å²) in [6.45, 7) is 10.2. The van der Waals surface area contributed by atoms with Gasteiger partial charge in [-0.2, -0.15) is 9.85 Å². The van der Waals surface area contributed by atoms with Crippen molar-refractivity contribution in [2.75, 3.05) is 70.2 Å². The molecular formula is C27H42N12O7S3. The summed E-state index contributed by atoms with van der Waals surface area (Å²) in [6.07, 6.45) is 0.859. The monoisotopic (exact) mass is 742 g/mol. The molecule has 5 N–H and O–H groups in total. The van der Waals surface area contributed by atoms with E-state index in [1.807, 2.05) is 0 Å². The van der Waals surface area contributed by atoms with Gasteiger partial charge in [0.1, 0.15) is 22.4 Å². The van der Waals surface area contributed by atoms with Gasteiger partial charge in [0.2, 0.25) is 17.0 Å². The van der Waals surface area contributed by atoms with Gasteiger partial charge in [-0.25, -0.2) is 14.5 Å². The predicted octanol–water partition coefficient (Wildman–Crippen LogP) is -1.09. The number of ether oxygens (including phenoxy) is 1. The number of nitrogens with two attached hydrogens (primary N) is 1. The Morgan fingerprint density at radius 1 is 1.20 bits per heavy atom. The normalized spacial score (nSPS) is 23.8. The van der Waals surface area contributed by atoms with Crippen LogP contribution in [0.4, 0.5) is 5.13 Å². The molecule has 0 radical (unpaired) electrons. The van der Waals surface area contributed by atoms with Crippen molar-refractivity contribution in [3.8, 4) is 0 Å². The summed E-state index contributed by atoms with van der Waals surface area (Å²) < 4.78 is 11.0. The van der Waals surface area contributed by atoms with E-state index in [2.05, 4.69) is 52.5 Å². The molecule has 49 heavy (non-hydrogen) atoms. The lowest BCUT2D eigenvalue weighted by Gasteiger charge is -2.53. The van der Waals surface area contributed by atoms with E-state index >= 15 is 0 Å². The number of carbonyl (C=O) groups is 4. The van der Waals surface area contributed by atoms with Crippen molar-refractivity contribution in [2.24, 2.45) is 5.41 Å². The highest BCUT2D eigenvalue weighted by atomic mass is 32.2.